The van der Waals surface area contributed by atoms with Crippen LogP contribution in [0.4, 0.5) is 17.1 Å². The molecule has 2 aromatic rings. The third kappa shape index (κ3) is 3.08. The average Bonchev–Trinajstić information content (AvgIpc) is 2.48. The first-order valence-corrected chi connectivity index (χ1v) is 7.63. The SMILES string of the molecule is Cc1cc(N)ccc1N1CCN(c2ccc(Cl)cc2)CC1. The minimum Gasteiger partial charge on any atom is -0.399 e. The van der Waals surface area contributed by atoms with Gasteiger partial charge in [-0.15, -0.1) is 0 Å². The molecule has 3 rings (SSSR count). The lowest BCUT2D eigenvalue weighted by Gasteiger charge is -2.38. The fourth-order valence-corrected chi connectivity index (χ4v) is 3.02. The minimum absolute atomic E-state index is 0.787. The Kier molecular flexibility index (Phi) is 3.93. The van der Waals surface area contributed by atoms with Crippen LogP contribution in [0.5, 0.6) is 0 Å². The molecule has 4 heteroatoms. The van der Waals surface area contributed by atoms with Crippen molar-refractivity contribution in [3.8, 4) is 0 Å². The highest BCUT2D eigenvalue weighted by atomic mass is 35.5. The van der Waals surface area contributed by atoms with Gasteiger partial charge in [0.1, 0.15) is 0 Å². The molecule has 0 amide bonds. The number of aryl methyl sites for hydroxylation is 1. The predicted octanol–water partition coefficient (Wildman–Crippen LogP) is 3.56. The Morgan fingerprint density at radius 1 is 0.905 bits per heavy atom. The molecular formula is C17H20ClN3. The van der Waals surface area contributed by atoms with E-state index in [1.165, 1.54) is 16.9 Å². The normalized spacial score (nSPS) is 15.3. The monoisotopic (exact) mass is 301 g/mol. The van der Waals surface area contributed by atoms with Gasteiger partial charge in [-0.05, 0) is 55.0 Å². The predicted molar refractivity (Wildman–Crippen MR) is 91.5 cm³/mol. The number of nitrogens with zero attached hydrogens (tertiary/aromatic N) is 2. The van der Waals surface area contributed by atoms with E-state index < -0.39 is 0 Å². The lowest BCUT2D eigenvalue weighted by Crippen LogP contribution is -2.46. The van der Waals surface area contributed by atoms with Crippen molar-refractivity contribution in [1.82, 2.24) is 0 Å². The second-order valence-electron chi connectivity index (χ2n) is 5.50. The van der Waals surface area contributed by atoms with Crippen molar-refractivity contribution in [2.75, 3.05) is 41.7 Å². The highest BCUT2D eigenvalue weighted by Crippen LogP contribution is 2.25. The fraction of sp³-hybridized carbons (Fsp3) is 0.294. The van der Waals surface area contributed by atoms with Crippen LogP contribution in [0.25, 0.3) is 0 Å². The third-order valence-electron chi connectivity index (χ3n) is 4.03. The Hall–Kier alpha value is -1.87. The van der Waals surface area contributed by atoms with Gasteiger partial charge in [0, 0.05) is 48.3 Å². The highest BCUT2D eigenvalue weighted by molar-refractivity contribution is 6.30. The Balaban J connectivity index is 1.68. The zero-order valence-corrected chi connectivity index (χ0v) is 13.0. The van der Waals surface area contributed by atoms with Crippen LogP contribution < -0.4 is 15.5 Å². The minimum atomic E-state index is 0.787. The van der Waals surface area contributed by atoms with Crippen molar-refractivity contribution in [2.24, 2.45) is 0 Å². The summed E-state index contributed by atoms with van der Waals surface area (Å²) in [5, 5.41) is 0.787. The van der Waals surface area contributed by atoms with Crippen molar-refractivity contribution in [3.63, 3.8) is 0 Å². The van der Waals surface area contributed by atoms with Crippen molar-refractivity contribution in [1.29, 1.82) is 0 Å². The summed E-state index contributed by atoms with van der Waals surface area (Å²) < 4.78 is 0. The van der Waals surface area contributed by atoms with Crippen LogP contribution in [-0.4, -0.2) is 26.2 Å². The summed E-state index contributed by atoms with van der Waals surface area (Å²) in [5.74, 6) is 0. The van der Waals surface area contributed by atoms with E-state index in [1.807, 2.05) is 24.3 Å². The zero-order chi connectivity index (χ0) is 14.8. The second-order valence-corrected chi connectivity index (χ2v) is 5.93. The molecule has 1 aliphatic rings. The van der Waals surface area contributed by atoms with Gasteiger partial charge < -0.3 is 15.5 Å². The largest absolute Gasteiger partial charge is 0.399 e. The average molecular weight is 302 g/mol. The maximum atomic E-state index is 5.95. The van der Waals surface area contributed by atoms with Crippen molar-refractivity contribution >= 4 is 28.7 Å². The van der Waals surface area contributed by atoms with Crippen LogP contribution in [0.1, 0.15) is 5.56 Å². The van der Waals surface area contributed by atoms with E-state index in [4.69, 9.17) is 17.3 Å². The first kappa shape index (κ1) is 14.1. The van der Waals surface area contributed by atoms with Gasteiger partial charge in [-0.2, -0.15) is 0 Å². The van der Waals surface area contributed by atoms with E-state index in [-0.39, 0.29) is 0 Å². The molecule has 0 atom stereocenters. The molecule has 0 radical (unpaired) electrons. The first-order chi connectivity index (χ1) is 10.1. The molecule has 21 heavy (non-hydrogen) atoms. The molecule has 0 saturated carbocycles. The lowest BCUT2D eigenvalue weighted by molar-refractivity contribution is 0.652. The quantitative estimate of drug-likeness (QED) is 0.861. The summed E-state index contributed by atoms with van der Waals surface area (Å²) in [6, 6.07) is 14.2. The molecule has 110 valence electrons. The summed E-state index contributed by atoms with van der Waals surface area (Å²) in [6.45, 7) is 6.20. The van der Waals surface area contributed by atoms with Crippen LogP contribution in [0.15, 0.2) is 42.5 Å². The second kappa shape index (κ2) is 5.86. The molecule has 0 bridgehead atoms. The zero-order valence-electron chi connectivity index (χ0n) is 12.2. The molecule has 0 aliphatic carbocycles. The van der Waals surface area contributed by atoms with Crippen molar-refractivity contribution in [3.05, 3.63) is 53.1 Å². The molecule has 2 N–H and O–H groups in total. The van der Waals surface area contributed by atoms with Gasteiger partial charge in [0.2, 0.25) is 0 Å². The van der Waals surface area contributed by atoms with Gasteiger partial charge in [-0.3, -0.25) is 0 Å². The van der Waals surface area contributed by atoms with Crippen LogP contribution >= 0.6 is 11.6 Å². The van der Waals surface area contributed by atoms with E-state index in [1.54, 1.807) is 0 Å². The highest BCUT2D eigenvalue weighted by Gasteiger charge is 2.18. The van der Waals surface area contributed by atoms with Crippen LogP contribution in [0.3, 0.4) is 0 Å². The van der Waals surface area contributed by atoms with E-state index in [2.05, 4.69) is 34.9 Å². The number of halogens is 1. The summed E-state index contributed by atoms with van der Waals surface area (Å²) in [6.07, 6.45) is 0. The molecular weight excluding hydrogens is 282 g/mol. The van der Waals surface area contributed by atoms with E-state index in [0.717, 1.165) is 36.9 Å². The molecule has 1 heterocycles. The topological polar surface area (TPSA) is 32.5 Å². The third-order valence-corrected chi connectivity index (χ3v) is 4.28. The Labute approximate surface area is 130 Å². The van der Waals surface area contributed by atoms with E-state index in [9.17, 15) is 0 Å². The number of rotatable bonds is 2. The van der Waals surface area contributed by atoms with Crippen molar-refractivity contribution < 1.29 is 0 Å². The Morgan fingerprint density at radius 2 is 1.52 bits per heavy atom. The van der Waals surface area contributed by atoms with E-state index >= 15 is 0 Å². The van der Waals surface area contributed by atoms with Crippen LogP contribution in [-0.2, 0) is 0 Å². The van der Waals surface area contributed by atoms with Gasteiger partial charge >= 0.3 is 0 Å². The van der Waals surface area contributed by atoms with Gasteiger partial charge in [0.15, 0.2) is 0 Å². The molecule has 0 aromatic heterocycles. The summed E-state index contributed by atoms with van der Waals surface area (Å²) in [7, 11) is 0. The molecule has 0 spiro atoms. The van der Waals surface area contributed by atoms with Gasteiger partial charge in [0.25, 0.3) is 0 Å². The number of benzene rings is 2. The summed E-state index contributed by atoms with van der Waals surface area (Å²) in [4.78, 5) is 4.83. The number of anilines is 3. The molecule has 3 nitrogen and oxygen atoms in total. The number of nitrogen functional groups attached to an aromatic ring is 1. The maximum Gasteiger partial charge on any atom is 0.0407 e. The molecule has 1 saturated heterocycles. The van der Waals surface area contributed by atoms with Crippen molar-refractivity contribution in [2.45, 2.75) is 6.92 Å². The molecule has 2 aromatic carbocycles. The Bertz CT molecular complexity index is 616. The maximum absolute atomic E-state index is 5.95. The van der Waals surface area contributed by atoms with Crippen LogP contribution in [0, 0.1) is 6.92 Å². The standard InChI is InChI=1S/C17H20ClN3/c1-13-12-15(19)4-7-17(13)21-10-8-20(9-11-21)16-5-2-14(18)3-6-16/h2-7,12H,8-11,19H2,1H3. The first-order valence-electron chi connectivity index (χ1n) is 7.25. The number of piperazine rings is 1. The molecule has 0 unspecified atom stereocenters. The number of hydrogen-bond donors (Lipinski definition) is 1. The Morgan fingerprint density at radius 3 is 2.14 bits per heavy atom. The number of nitrogens with two attached hydrogens (primary N) is 1. The summed E-state index contributed by atoms with van der Waals surface area (Å²) in [5.41, 5.74) is 10.4. The van der Waals surface area contributed by atoms with Crippen LogP contribution in [0.2, 0.25) is 5.02 Å². The van der Waals surface area contributed by atoms with Gasteiger partial charge in [-0.25, -0.2) is 0 Å². The van der Waals surface area contributed by atoms with E-state index in [0.29, 0.717) is 0 Å². The number of hydrogen-bond acceptors (Lipinski definition) is 3. The summed E-state index contributed by atoms with van der Waals surface area (Å²) >= 11 is 5.95. The molecule has 1 aliphatic heterocycles. The lowest BCUT2D eigenvalue weighted by atomic mass is 10.1. The molecule has 1 fully saturated rings. The fourth-order valence-electron chi connectivity index (χ4n) is 2.89. The smallest absolute Gasteiger partial charge is 0.0407 e. The van der Waals surface area contributed by atoms with Gasteiger partial charge in [-0.1, -0.05) is 11.6 Å². The van der Waals surface area contributed by atoms with Gasteiger partial charge in [0.05, 0.1) is 0 Å².